The van der Waals surface area contributed by atoms with Crippen LogP contribution in [-0.2, 0) is 20.8 Å². The van der Waals surface area contributed by atoms with Crippen LogP contribution in [0.4, 0.5) is 0 Å². The fourth-order valence-corrected chi connectivity index (χ4v) is 4.79. The van der Waals surface area contributed by atoms with E-state index < -0.39 is 5.60 Å². The third-order valence-electron chi connectivity index (χ3n) is 6.66. The summed E-state index contributed by atoms with van der Waals surface area (Å²) in [6.07, 6.45) is 5.82. The highest BCUT2D eigenvalue weighted by Gasteiger charge is 2.24. The Morgan fingerprint density at radius 1 is 1.00 bits per heavy atom. The summed E-state index contributed by atoms with van der Waals surface area (Å²) in [5, 5.41) is 4.85. The molecule has 0 aliphatic heterocycles. The minimum atomic E-state index is -0.500. The lowest BCUT2D eigenvalue weighted by Gasteiger charge is -2.28. The molecule has 1 fully saturated rings. The molecule has 7 nitrogen and oxygen atoms in total. The van der Waals surface area contributed by atoms with Crippen molar-refractivity contribution in [2.24, 2.45) is 11.8 Å². The molecule has 1 aliphatic rings. The molecule has 1 saturated carbocycles. The molecule has 7 heteroatoms. The first kappa shape index (κ1) is 26.7. The third kappa shape index (κ3) is 7.59. The standard InChI is InChI=1S/C30H37N3O4/c1-21-10-15-25(17-31-21)29-26(24-8-6-5-7-9-24)16-27(34)33(32-29)18-22-11-13-23(14-12-22)19-36-20-28(35)37-30(2,3)4/h5-10,15-17,22-23H,11-14,18-20H2,1-4H3/t22-,23-. The van der Waals surface area contributed by atoms with E-state index in [1.165, 1.54) is 0 Å². The topological polar surface area (TPSA) is 83.3 Å². The number of carbonyl (C=O) groups is 1. The second-order valence-corrected chi connectivity index (χ2v) is 11.0. The number of hydrogen-bond donors (Lipinski definition) is 0. The second kappa shape index (κ2) is 11.8. The summed E-state index contributed by atoms with van der Waals surface area (Å²) >= 11 is 0. The van der Waals surface area contributed by atoms with Crippen LogP contribution >= 0.6 is 0 Å². The molecule has 0 bridgehead atoms. The molecule has 1 aromatic carbocycles. The van der Waals surface area contributed by atoms with E-state index in [4.69, 9.17) is 14.6 Å². The predicted octanol–water partition coefficient (Wildman–Crippen LogP) is 5.45. The van der Waals surface area contributed by atoms with Crippen molar-refractivity contribution in [3.8, 4) is 22.4 Å². The molecule has 3 aromatic rings. The summed E-state index contributed by atoms with van der Waals surface area (Å²) in [6.45, 7) is 8.63. The number of esters is 1. The van der Waals surface area contributed by atoms with Crippen molar-refractivity contribution < 1.29 is 14.3 Å². The minimum Gasteiger partial charge on any atom is -0.458 e. The molecule has 2 aromatic heterocycles. The largest absolute Gasteiger partial charge is 0.458 e. The fourth-order valence-electron chi connectivity index (χ4n) is 4.79. The van der Waals surface area contributed by atoms with Gasteiger partial charge in [-0.25, -0.2) is 9.48 Å². The lowest BCUT2D eigenvalue weighted by atomic mass is 9.82. The monoisotopic (exact) mass is 503 g/mol. The molecular weight excluding hydrogens is 466 g/mol. The van der Waals surface area contributed by atoms with Crippen LogP contribution in [0.15, 0.2) is 59.5 Å². The van der Waals surface area contributed by atoms with Crippen LogP contribution in [0.5, 0.6) is 0 Å². The van der Waals surface area contributed by atoms with Gasteiger partial charge in [0.25, 0.3) is 5.56 Å². The fraction of sp³-hybridized carbons (Fsp3) is 0.467. The Morgan fingerprint density at radius 3 is 2.35 bits per heavy atom. The molecular formula is C30H37N3O4. The number of hydrogen-bond acceptors (Lipinski definition) is 6. The van der Waals surface area contributed by atoms with E-state index in [2.05, 4.69) is 4.98 Å². The number of carbonyl (C=O) groups excluding carboxylic acids is 1. The quantitative estimate of drug-likeness (QED) is 0.380. The van der Waals surface area contributed by atoms with Crippen LogP contribution in [0.3, 0.4) is 0 Å². The zero-order valence-electron chi connectivity index (χ0n) is 22.3. The van der Waals surface area contributed by atoms with E-state index in [-0.39, 0.29) is 18.1 Å². The minimum absolute atomic E-state index is 0.0130. The number of pyridine rings is 1. The molecule has 4 rings (SSSR count). The van der Waals surface area contributed by atoms with Gasteiger partial charge in [-0.15, -0.1) is 0 Å². The Bertz CT molecular complexity index is 1240. The number of nitrogens with zero attached hydrogens (tertiary/aromatic N) is 3. The van der Waals surface area contributed by atoms with Crippen LogP contribution in [0.1, 0.15) is 52.1 Å². The second-order valence-electron chi connectivity index (χ2n) is 11.0. The normalized spacial score (nSPS) is 17.9. The molecule has 0 spiro atoms. The molecule has 0 atom stereocenters. The first-order valence-electron chi connectivity index (χ1n) is 13.1. The third-order valence-corrected chi connectivity index (χ3v) is 6.66. The summed E-state index contributed by atoms with van der Waals surface area (Å²) in [6, 6.07) is 15.6. The molecule has 0 N–H and O–H groups in total. The van der Waals surface area contributed by atoms with Crippen LogP contribution in [-0.4, -0.2) is 39.5 Å². The first-order chi connectivity index (χ1) is 17.7. The van der Waals surface area contributed by atoms with E-state index in [0.29, 0.717) is 25.0 Å². The Labute approximate surface area is 218 Å². The van der Waals surface area contributed by atoms with Crippen molar-refractivity contribution in [1.29, 1.82) is 0 Å². The van der Waals surface area contributed by atoms with Gasteiger partial charge >= 0.3 is 5.97 Å². The highest BCUT2D eigenvalue weighted by Crippen LogP contribution is 2.31. The van der Waals surface area contributed by atoms with E-state index in [9.17, 15) is 9.59 Å². The van der Waals surface area contributed by atoms with Crippen molar-refractivity contribution in [1.82, 2.24) is 14.8 Å². The lowest BCUT2D eigenvalue weighted by Crippen LogP contribution is -2.30. The first-order valence-corrected chi connectivity index (χ1v) is 13.1. The molecule has 2 heterocycles. The number of benzene rings is 1. The van der Waals surface area contributed by atoms with E-state index in [1.807, 2.05) is 76.4 Å². The van der Waals surface area contributed by atoms with Crippen molar-refractivity contribution in [2.45, 2.75) is 65.5 Å². The number of aryl methyl sites for hydroxylation is 1. The SMILES string of the molecule is Cc1ccc(-c2nn(C[C@H]3CC[C@H](COCC(=O)OC(C)(C)C)CC3)c(=O)cc2-c2ccccc2)cn1. The lowest BCUT2D eigenvalue weighted by molar-refractivity contribution is -0.160. The van der Waals surface area contributed by atoms with Gasteiger partial charge in [0.2, 0.25) is 0 Å². The molecule has 0 radical (unpaired) electrons. The van der Waals surface area contributed by atoms with Crippen molar-refractivity contribution >= 4 is 5.97 Å². The summed E-state index contributed by atoms with van der Waals surface area (Å²) in [5.74, 6) is 0.460. The van der Waals surface area contributed by atoms with Gasteiger partial charge < -0.3 is 9.47 Å². The maximum atomic E-state index is 13.1. The summed E-state index contributed by atoms with van der Waals surface area (Å²) < 4.78 is 12.5. The Balaban J connectivity index is 1.41. The van der Waals surface area contributed by atoms with Gasteiger partial charge in [0.1, 0.15) is 17.9 Å². The van der Waals surface area contributed by atoms with E-state index in [1.54, 1.807) is 10.7 Å². The van der Waals surface area contributed by atoms with E-state index >= 15 is 0 Å². The molecule has 196 valence electrons. The highest BCUT2D eigenvalue weighted by molar-refractivity contribution is 5.79. The molecule has 37 heavy (non-hydrogen) atoms. The zero-order valence-corrected chi connectivity index (χ0v) is 22.3. The predicted molar refractivity (Wildman–Crippen MR) is 144 cm³/mol. The van der Waals surface area contributed by atoms with Gasteiger partial charge in [-0.05, 0) is 82.9 Å². The molecule has 0 amide bonds. The molecule has 0 unspecified atom stereocenters. The Morgan fingerprint density at radius 2 is 1.70 bits per heavy atom. The van der Waals surface area contributed by atoms with Crippen molar-refractivity contribution in [3.63, 3.8) is 0 Å². The smallest absolute Gasteiger partial charge is 0.332 e. The van der Waals surface area contributed by atoms with Crippen molar-refractivity contribution in [3.05, 3.63) is 70.8 Å². The van der Waals surface area contributed by atoms with Crippen LogP contribution in [0.25, 0.3) is 22.4 Å². The maximum absolute atomic E-state index is 13.1. The summed E-state index contributed by atoms with van der Waals surface area (Å²) in [4.78, 5) is 29.4. The Kier molecular flexibility index (Phi) is 8.54. The van der Waals surface area contributed by atoms with Gasteiger partial charge in [0, 0.05) is 35.6 Å². The average Bonchev–Trinajstić information content (AvgIpc) is 2.86. The van der Waals surface area contributed by atoms with E-state index in [0.717, 1.165) is 53.8 Å². The molecule has 1 aliphatic carbocycles. The van der Waals surface area contributed by atoms with Crippen LogP contribution < -0.4 is 5.56 Å². The number of aromatic nitrogens is 3. The van der Waals surface area contributed by atoms with Gasteiger partial charge in [-0.1, -0.05) is 30.3 Å². The number of ether oxygens (including phenoxy) is 2. The Hall–Kier alpha value is -3.32. The summed E-state index contributed by atoms with van der Waals surface area (Å²) in [5.41, 5.74) is 3.78. The average molecular weight is 504 g/mol. The van der Waals surface area contributed by atoms with Crippen LogP contribution in [0, 0.1) is 18.8 Å². The van der Waals surface area contributed by atoms with Crippen LogP contribution in [0.2, 0.25) is 0 Å². The van der Waals surface area contributed by atoms with Gasteiger partial charge in [0.15, 0.2) is 0 Å². The highest BCUT2D eigenvalue weighted by atomic mass is 16.6. The number of rotatable bonds is 8. The van der Waals surface area contributed by atoms with Gasteiger partial charge in [-0.3, -0.25) is 9.78 Å². The molecule has 0 saturated heterocycles. The maximum Gasteiger partial charge on any atom is 0.332 e. The van der Waals surface area contributed by atoms with Gasteiger partial charge in [0.05, 0.1) is 6.61 Å². The summed E-state index contributed by atoms with van der Waals surface area (Å²) in [7, 11) is 0. The van der Waals surface area contributed by atoms with Gasteiger partial charge in [-0.2, -0.15) is 5.10 Å². The van der Waals surface area contributed by atoms with Crippen molar-refractivity contribution in [2.75, 3.05) is 13.2 Å². The zero-order chi connectivity index (χ0) is 26.4.